The maximum Gasteiger partial charge on any atom is 0.162 e. The van der Waals surface area contributed by atoms with E-state index in [2.05, 4.69) is 48.7 Å². The van der Waals surface area contributed by atoms with Gasteiger partial charge in [0.25, 0.3) is 0 Å². The quantitative estimate of drug-likeness (QED) is 0.371. The van der Waals surface area contributed by atoms with E-state index in [-0.39, 0.29) is 0 Å². The Morgan fingerprint density at radius 3 is 2.76 bits per heavy atom. The van der Waals surface area contributed by atoms with Gasteiger partial charge in [0, 0.05) is 35.1 Å². The van der Waals surface area contributed by atoms with E-state index < -0.39 is 0 Å². The van der Waals surface area contributed by atoms with Gasteiger partial charge in [-0.15, -0.1) is 0 Å². The summed E-state index contributed by atoms with van der Waals surface area (Å²) < 4.78 is 1.83. The van der Waals surface area contributed by atoms with Crippen molar-refractivity contribution in [2.24, 2.45) is 0 Å². The molecule has 0 fully saturated rings. The van der Waals surface area contributed by atoms with Crippen LogP contribution in [0.1, 0.15) is 32.3 Å². The van der Waals surface area contributed by atoms with E-state index in [1.165, 1.54) is 5.57 Å². The van der Waals surface area contributed by atoms with Crippen molar-refractivity contribution in [3.05, 3.63) is 91.1 Å². The van der Waals surface area contributed by atoms with Crippen LogP contribution in [0.25, 0.3) is 33.3 Å². The van der Waals surface area contributed by atoms with E-state index >= 15 is 0 Å². The summed E-state index contributed by atoms with van der Waals surface area (Å²) in [6.45, 7) is 8.31. The number of hydrogen-bond donors (Lipinski definition) is 0. The predicted molar refractivity (Wildman–Crippen MR) is 121 cm³/mol. The molecule has 29 heavy (non-hydrogen) atoms. The molecule has 0 amide bonds. The highest BCUT2D eigenvalue weighted by atomic mass is 15.2. The smallest absolute Gasteiger partial charge is 0.162 e. The standard InChI is InChI=1S/C25H24N4/c1-4-8-18(3)11-12-19(5-2)20-15-27-25-23(16-28-29(25)17-20)21-13-14-26-24-10-7-6-9-22(21)24/h5-7,9-17H,2,4,8H2,1,3H3/b18-11-,19-12+. The molecular formula is C25H24N4. The van der Waals surface area contributed by atoms with Crippen LogP contribution in [0.15, 0.2) is 85.5 Å². The molecule has 0 atom stereocenters. The summed E-state index contributed by atoms with van der Waals surface area (Å²) in [7, 11) is 0. The number of benzene rings is 1. The summed E-state index contributed by atoms with van der Waals surface area (Å²) in [6, 6.07) is 10.1. The van der Waals surface area contributed by atoms with Crippen molar-refractivity contribution >= 4 is 22.1 Å². The first-order valence-electron chi connectivity index (χ1n) is 9.89. The summed E-state index contributed by atoms with van der Waals surface area (Å²) in [5.74, 6) is 0. The van der Waals surface area contributed by atoms with Gasteiger partial charge in [0.1, 0.15) is 0 Å². The molecule has 0 aliphatic rings. The number of rotatable bonds is 6. The lowest BCUT2D eigenvalue weighted by Crippen LogP contribution is -1.94. The van der Waals surface area contributed by atoms with Crippen LogP contribution in [0.3, 0.4) is 0 Å². The molecule has 0 saturated carbocycles. The number of nitrogens with zero attached hydrogens (tertiary/aromatic N) is 4. The SMILES string of the molecule is C=C/C(=C\C=C(\C)CCC)c1cnc2c(-c3ccnc4ccccc34)cnn2c1. The van der Waals surface area contributed by atoms with Gasteiger partial charge in [0.2, 0.25) is 0 Å². The van der Waals surface area contributed by atoms with Crippen LogP contribution in [-0.4, -0.2) is 19.6 Å². The van der Waals surface area contributed by atoms with Crippen molar-refractivity contribution in [3.8, 4) is 11.1 Å². The van der Waals surface area contributed by atoms with E-state index in [1.54, 1.807) is 0 Å². The van der Waals surface area contributed by atoms with Gasteiger partial charge in [0.05, 0.1) is 11.7 Å². The lowest BCUT2D eigenvalue weighted by molar-refractivity contribution is 0.906. The topological polar surface area (TPSA) is 43.1 Å². The lowest BCUT2D eigenvalue weighted by atomic mass is 10.0. The van der Waals surface area contributed by atoms with Gasteiger partial charge < -0.3 is 0 Å². The van der Waals surface area contributed by atoms with Gasteiger partial charge in [-0.2, -0.15) is 5.10 Å². The molecule has 4 nitrogen and oxygen atoms in total. The Hall–Kier alpha value is -3.53. The summed E-state index contributed by atoms with van der Waals surface area (Å²) in [5.41, 5.74) is 7.25. The molecule has 3 aromatic heterocycles. The highest BCUT2D eigenvalue weighted by molar-refractivity contribution is 5.97. The predicted octanol–water partition coefficient (Wildman–Crippen LogP) is 6.26. The zero-order chi connectivity index (χ0) is 20.2. The van der Waals surface area contributed by atoms with Gasteiger partial charge >= 0.3 is 0 Å². The van der Waals surface area contributed by atoms with Crippen LogP contribution in [0.4, 0.5) is 0 Å². The molecule has 1 aromatic carbocycles. The van der Waals surface area contributed by atoms with Gasteiger partial charge in [-0.3, -0.25) is 4.98 Å². The molecule has 144 valence electrons. The van der Waals surface area contributed by atoms with Gasteiger partial charge in [-0.1, -0.05) is 61.9 Å². The molecule has 4 aromatic rings. The number of hydrogen-bond acceptors (Lipinski definition) is 3. The maximum atomic E-state index is 4.73. The molecule has 0 aliphatic carbocycles. The average molecular weight is 380 g/mol. The molecule has 0 spiro atoms. The van der Waals surface area contributed by atoms with Crippen molar-refractivity contribution in [2.45, 2.75) is 26.7 Å². The molecule has 4 heteroatoms. The fraction of sp³-hybridized carbons (Fsp3) is 0.160. The van der Waals surface area contributed by atoms with Crippen LogP contribution in [0, 0.1) is 0 Å². The minimum absolute atomic E-state index is 0.825. The number of fused-ring (bicyclic) bond motifs is 2. The average Bonchev–Trinajstić information content (AvgIpc) is 3.17. The van der Waals surface area contributed by atoms with Crippen LogP contribution in [0.5, 0.6) is 0 Å². The normalized spacial score (nSPS) is 12.6. The third-order valence-corrected chi connectivity index (χ3v) is 5.04. The fourth-order valence-electron chi connectivity index (χ4n) is 3.54. The molecule has 0 unspecified atom stereocenters. The Balaban J connectivity index is 1.77. The number of pyridine rings is 1. The Labute approximate surface area is 170 Å². The third-order valence-electron chi connectivity index (χ3n) is 5.04. The Bertz CT molecular complexity index is 1240. The van der Waals surface area contributed by atoms with E-state index in [9.17, 15) is 0 Å². The Morgan fingerprint density at radius 1 is 1.07 bits per heavy atom. The summed E-state index contributed by atoms with van der Waals surface area (Å²) in [5, 5.41) is 5.66. The van der Waals surface area contributed by atoms with Crippen molar-refractivity contribution < 1.29 is 0 Å². The van der Waals surface area contributed by atoms with Gasteiger partial charge in [-0.05, 0) is 36.6 Å². The molecular weight excluding hydrogens is 356 g/mol. The molecule has 0 N–H and O–H groups in total. The van der Waals surface area contributed by atoms with Crippen LogP contribution in [0.2, 0.25) is 0 Å². The summed E-state index contributed by atoms with van der Waals surface area (Å²) >= 11 is 0. The molecule has 0 saturated heterocycles. The van der Waals surface area contributed by atoms with Crippen molar-refractivity contribution in [2.75, 3.05) is 0 Å². The molecule has 0 radical (unpaired) electrons. The summed E-state index contributed by atoms with van der Waals surface area (Å²) in [4.78, 5) is 9.18. The van der Waals surface area contributed by atoms with Crippen LogP contribution < -0.4 is 0 Å². The van der Waals surface area contributed by atoms with Crippen molar-refractivity contribution in [1.82, 2.24) is 19.6 Å². The Kier molecular flexibility index (Phi) is 5.34. The van der Waals surface area contributed by atoms with Gasteiger partial charge in [0.15, 0.2) is 5.65 Å². The largest absolute Gasteiger partial charge is 0.256 e. The second-order valence-electron chi connectivity index (χ2n) is 7.13. The first kappa shape index (κ1) is 18.8. The second-order valence-corrected chi connectivity index (χ2v) is 7.13. The highest BCUT2D eigenvalue weighted by Gasteiger charge is 2.12. The summed E-state index contributed by atoms with van der Waals surface area (Å²) in [6.07, 6.45) is 16.0. The van der Waals surface area contributed by atoms with E-state index in [4.69, 9.17) is 4.98 Å². The van der Waals surface area contributed by atoms with Crippen molar-refractivity contribution in [1.29, 1.82) is 0 Å². The Morgan fingerprint density at radius 2 is 1.93 bits per heavy atom. The number of allylic oxidation sites excluding steroid dienone is 5. The molecule has 4 rings (SSSR count). The molecule has 0 bridgehead atoms. The van der Waals surface area contributed by atoms with Crippen LogP contribution >= 0.6 is 0 Å². The molecule has 3 heterocycles. The zero-order valence-electron chi connectivity index (χ0n) is 16.8. The monoisotopic (exact) mass is 380 g/mol. The van der Waals surface area contributed by atoms with E-state index in [0.29, 0.717) is 0 Å². The fourth-order valence-corrected chi connectivity index (χ4v) is 3.54. The van der Waals surface area contributed by atoms with E-state index in [1.807, 2.05) is 59.6 Å². The zero-order valence-corrected chi connectivity index (χ0v) is 16.8. The van der Waals surface area contributed by atoms with E-state index in [0.717, 1.165) is 51.7 Å². The highest BCUT2D eigenvalue weighted by Crippen LogP contribution is 2.30. The van der Waals surface area contributed by atoms with Crippen molar-refractivity contribution in [3.63, 3.8) is 0 Å². The minimum Gasteiger partial charge on any atom is -0.256 e. The lowest BCUT2D eigenvalue weighted by Gasteiger charge is -2.06. The number of aromatic nitrogens is 4. The van der Waals surface area contributed by atoms with Crippen LogP contribution in [-0.2, 0) is 0 Å². The second kappa shape index (κ2) is 8.23. The maximum absolute atomic E-state index is 4.73. The molecule has 0 aliphatic heterocycles. The first-order valence-corrected chi connectivity index (χ1v) is 9.89. The minimum atomic E-state index is 0.825. The first-order chi connectivity index (χ1) is 14.2. The number of para-hydroxylation sites is 1. The van der Waals surface area contributed by atoms with Gasteiger partial charge in [-0.25, -0.2) is 9.50 Å². The third kappa shape index (κ3) is 3.74.